The lowest BCUT2D eigenvalue weighted by Crippen LogP contribution is -2.41. The number of hydrogen-bond acceptors (Lipinski definition) is 6. The number of methoxy groups -OCH3 is 1. The first-order valence-corrected chi connectivity index (χ1v) is 14.0. The van der Waals surface area contributed by atoms with Crippen molar-refractivity contribution in [3.8, 4) is 5.75 Å². The van der Waals surface area contributed by atoms with Crippen molar-refractivity contribution in [3.63, 3.8) is 0 Å². The quantitative estimate of drug-likeness (QED) is 0.535. The van der Waals surface area contributed by atoms with Crippen LogP contribution in [-0.2, 0) is 14.8 Å². The molecule has 9 heteroatoms. The van der Waals surface area contributed by atoms with E-state index in [1.54, 1.807) is 29.6 Å². The van der Waals surface area contributed by atoms with Crippen LogP contribution in [0.5, 0.6) is 5.75 Å². The van der Waals surface area contributed by atoms with Gasteiger partial charge in [0.25, 0.3) is 0 Å². The van der Waals surface area contributed by atoms with Crippen LogP contribution in [0.1, 0.15) is 32.1 Å². The molecule has 0 aliphatic carbocycles. The lowest BCUT2D eigenvalue weighted by atomic mass is 9.97. The standard InChI is InChI=1S/C27H32N4O4S/c1-35-23-9-5-8-22(18-23)28-27(32)21-7-6-14-30(19-21)26-13-10-20-17-24(11-12-25(20)29-26)36(33,34)31-15-3-2-4-16-31/h5,8-13,17-18,21H,2-4,6-7,14-16,19H2,1H3,(H,28,32)/t21-/m0/s1. The van der Waals surface area contributed by atoms with E-state index in [1.807, 2.05) is 36.4 Å². The number of nitrogens with zero attached hydrogens (tertiary/aromatic N) is 3. The van der Waals surface area contributed by atoms with E-state index in [2.05, 4.69) is 10.2 Å². The van der Waals surface area contributed by atoms with Gasteiger partial charge in [-0.3, -0.25) is 4.79 Å². The largest absolute Gasteiger partial charge is 0.497 e. The molecule has 1 N–H and O–H groups in total. The number of sulfonamides is 1. The summed E-state index contributed by atoms with van der Waals surface area (Å²) in [5.41, 5.74) is 1.46. The normalized spacial score (nSPS) is 19.2. The van der Waals surface area contributed by atoms with Gasteiger partial charge in [-0.2, -0.15) is 4.31 Å². The van der Waals surface area contributed by atoms with E-state index >= 15 is 0 Å². The Morgan fingerprint density at radius 2 is 1.83 bits per heavy atom. The van der Waals surface area contributed by atoms with Crippen LogP contribution in [0.15, 0.2) is 59.5 Å². The fraction of sp³-hybridized carbons (Fsp3) is 0.407. The van der Waals surface area contributed by atoms with E-state index in [0.717, 1.165) is 61.1 Å². The van der Waals surface area contributed by atoms with Gasteiger partial charge in [-0.1, -0.05) is 12.5 Å². The molecule has 1 amide bonds. The zero-order valence-electron chi connectivity index (χ0n) is 20.5. The summed E-state index contributed by atoms with van der Waals surface area (Å²) in [4.78, 5) is 20.2. The van der Waals surface area contributed by atoms with E-state index in [-0.39, 0.29) is 11.8 Å². The molecule has 3 heterocycles. The Hall–Kier alpha value is -3.17. The number of fused-ring (bicyclic) bond motifs is 1. The third kappa shape index (κ3) is 5.17. The maximum atomic E-state index is 13.1. The van der Waals surface area contributed by atoms with Crippen molar-refractivity contribution in [2.45, 2.75) is 37.0 Å². The van der Waals surface area contributed by atoms with Crippen molar-refractivity contribution < 1.29 is 17.9 Å². The van der Waals surface area contributed by atoms with Gasteiger partial charge < -0.3 is 15.0 Å². The lowest BCUT2D eigenvalue weighted by Gasteiger charge is -2.33. The van der Waals surface area contributed by atoms with Crippen molar-refractivity contribution in [1.29, 1.82) is 0 Å². The molecule has 2 aliphatic heterocycles. The van der Waals surface area contributed by atoms with Gasteiger partial charge in [0.15, 0.2) is 0 Å². The zero-order valence-corrected chi connectivity index (χ0v) is 21.3. The highest BCUT2D eigenvalue weighted by Crippen LogP contribution is 2.28. The smallest absolute Gasteiger partial charge is 0.243 e. The van der Waals surface area contributed by atoms with Crippen LogP contribution in [0.2, 0.25) is 0 Å². The second-order valence-corrected chi connectivity index (χ2v) is 11.4. The number of benzene rings is 2. The molecule has 190 valence electrons. The average Bonchev–Trinajstić information content (AvgIpc) is 2.93. The lowest BCUT2D eigenvalue weighted by molar-refractivity contribution is -0.120. The maximum Gasteiger partial charge on any atom is 0.243 e. The number of carbonyl (C=O) groups excluding carboxylic acids is 1. The first kappa shape index (κ1) is 24.5. The van der Waals surface area contributed by atoms with Crippen LogP contribution in [-0.4, -0.2) is 56.9 Å². The van der Waals surface area contributed by atoms with Crippen molar-refractivity contribution in [2.75, 3.05) is 43.5 Å². The first-order chi connectivity index (χ1) is 17.4. The summed E-state index contributed by atoms with van der Waals surface area (Å²) in [5.74, 6) is 1.33. The predicted octanol–water partition coefficient (Wildman–Crippen LogP) is 4.27. The third-order valence-electron chi connectivity index (χ3n) is 7.05. The van der Waals surface area contributed by atoms with Gasteiger partial charge in [0.2, 0.25) is 15.9 Å². The molecule has 2 fully saturated rings. The van der Waals surface area contributed by atoms with E-state index in [1.165, 1.54) is 0 Å². The van der Waals surface area contributed by atoms with Crippen molar-refractivity contribution in [2.24, 2.45) is 5.92 Å². The van der Waals surface area contributed by atoms with Crippen molar-refractivity contribution in [1.82, 2.24) is 9.29 Å². The summed E-state index contributed by atoms with van der Waals surface area (Å²) in [6, 6.07) is 16.4. The molecule has 2 aromatic carbocycles. The number of aromatic nitrogens is 1. The van der Waals surface area contributed by atoms with Crippen LogP contribution in [0.4, 0.5) is 11.5 Å². The van der Waals surface area contributed by atoms with E-state index in [9.17, 15) is 13.2 Å². The first-order valence-electron chi connectivity index (χ1n) is 12.5. The second kappa shape index (κ2) is 10.4. The monoisotopic (exact) mass is 508 g/mol. The fourth-order valence-electron chi connectivity index (χ4n) is 5.03. The van der Waals surface area contributed by atoms with Gasteiger partial charge in [-0.25, -0.2) is 13.4 Å². The molecular weight excluding hydrogens is 476 g/mol. The topological polar surface area (TPSA) is 91.8 Å². The average molecular weight is 509 g/mol. The molecule has 36 heavy (non-hydrogen) atoms. The number of carbonyl (C=O) groups is 1. The van der Waals surface area contributed by atoms with Gasteiger partial charge in [0.1, 0.15) is 11.6 Å². The molecule has 8 nitrogen and oxygen atoms in total. The minimum absolute atomic E-state index is 0.0127. The number of piperidine rings is 2. The Kier molecular flexibility index (Phi) is 7.11. The molecule has 2 saturated heterocycles. The number of anilines is 2. The van der Waals surface area contributed by atoms with Crippen LogP contribution >= 0.6 is 0 Å². The van der Waals surface area contributed by atoms with Crippen LogP contribution in [0.25, 0.3) is 10.9 Å². The summed E-state index contributed by atoms with van der Waals surface area (Å²) in [6.45, 7) is 2.57. The molecule has 0 spiro atoms. The van der Waals surface area contributed by atoms with Crippen LogP contribution < -0.4 is 15.0 Å². The van der Waals surface area contributed by atoms with Crippen molar-refractivity contribution >= 4 is 38.3 Å². The summed E-state index contributed by atoms with van der Waals surface area (Å²) in [6.07, 6.45) is 4.61. The molecule has 5 rings (SSSR count). The molecule has 0 bridgehead atoms. The van der Waals surface area contributed by atoms with Crippen LogP contribution in [0, 0.1) is 5.92 Å². The Morgan fingerprint density at radius 1 is 1.00 bits per heavy atom. The predicted molar refractivity (Wildman–Crippen MR) is 141 cm³/mol. The molecule has 3 aromatic rings. The second-order valence-electron chi connectivity index (χ2n) is 9.50. The number of amides is 1. The number of nitrogens with one attached hydrogen (secondary N) is 1. The number of pyridine rings is 1. The Bertz CT molecular complexity index is 1350. The highest BCUT2D eigenvalue weighted by Gasteiger charge is 2.28. The number of hydrogen-bond donors (Lipinski definition) is 1. The molecule has 0 saturated carbocycles. The van der Waals surface area contributed by atoms with E-state index < -0.39 is 10.0 Å². The van der Waals surface area contributed by atoms with Crippen LogP contribution in [0.3, 0.4) is 0 Å². The minimum atomic E-state index is -3.49. The fourth-order valence-corrected chi connectivity index (χ4v) is 6.58. The van der Waals surface area contributed by atoms with E-state index in [0.29, 0.717) is 30.3 Å². The van der Waals surface area contributed by atoms with E-state index in [4.69, 9.17) is 9.72 Å². The molecule has 0 unspecified atom stereocenters. The van der Waals surface area contributed by atoms with Gasteiger partial charge in [0.05, 0.1) is 23.4 Å². The molecule has 1 aromatic heterocycles. The van der Waals surface area contributed by atoms with Crippen molar-refractivity contribution in [3.05, 3.63) is 54.6 Å². The number of rotatable bonds is 6. The maximum absolute atomic E-state index is 13.1. The third-order valence-corrected chi connectivity index (χ3v) is 8.95. The zero-order chi connectivity index (χ0) is 25.1. The number of ether oxygens (including phenoxy) is 1. The molecule has 0 radical (unpaired) electrons. The van der Waals surface area contributed by atoms with Gasteiger partial charge in [-0.05, 0) is 68.1 Å². The SMILES string of the molecule is COc1cccc(NC(=O)[C@H]2CCCN(c3ccc4cc(S(=O)(=O)N5CCCCC5)ccc4n3)C2)c1. The van der Waals surface area contributed by atoms with Gasteiger partial charge in [0, 0.05) is 43.3 Å². The Morgan fingerprint density at radius 3 is 2.64 bits per heavy atom. The summed E-state index contributed by atoms with van der Waals surface area (Å²) < 4.78 is 33.0. The summed E-state index contributed by atoms with van der Waals surface area (Å²) >= 11 is 0. The minimum Gasteiger partial charge on any atom is -0.497 e. The Balaban J connectivity index is 1.30. The van der Waals surface area contributed by atoms with Gasteiger partial charge >= 0.3 is 0 Å². The summed E-state index contributed by atoms with van der Waals surface area (Å²) in [5, 5.41) is 3.80. The molecule has 1 atom stereocenters. The Labute approximate surface area is 212 Å². The summed E-state index contributed by atoms with van der Waals surface area (Å²) in [7, 11) is -1.89. The van der Waals surface area contributed by atoms with Gasteiger partial charge in [-0.15, -0.1) is 0 Å². The molecular formula is C27H32N4O4S. The molecule has 2 aliphatic rings. The highest BCUT2D eigenvalue weighted by atomic mass is 32.2. The highest BCUT2D eigenvalue weighted by molar-refractivity contribution is 7.89.